The molecule has 2 N–H and O–H groups in total. The van der Waals surface area contributed by atoms with E-state index >= 15 is 0 Å². The number of carbonyl (C=O) groups excluding carboxylic acids is 1. The molecule has 6 nitrogen and oxygen atoms in total. The molecule has 0 radical (unpaired) electrons. The summed E-state index contributed by atoms with van der Waals surface area (Å²) in [6, 6.07) is 17.0. The van der Waals surface area contributed by atoms with Crippen LogP contribution in [-0.2, 0) is 11.2 Å². The van der Waals surface area contributed by atoms with E-state index in [1.165, 1.54) is 23.8 Å². The monoisotopic (exact) mass is 352 g/mol. The van der Waals surface area contributed by atoms with Crippen LogP contribution in [0.3, 0.4) is 0 Å². The number of esters is 1. The zero-order valence-electron chi connectivity index (χ0n) is 13.5. The topological polar surface area (TPSA) is 90.5 Å². The first-order chi connectivity index (χ1) is 12.2. The Morgan fingerprint density at radius 2 is 1.84 bits per heavy atom. The molecule has 3 aromatic rings. The normalized spacial score (nSPS) is 11.3. The van der Waals surface area contributed by atoms with Crippen molar-refractivity contribution in [1.29, 1.82) is 0 Å². The van der Waals surface area contributed by atoms with E-state index in [1.54, 1.807) is 24.3 Å². The predicted molar refractivity (Wildman–Crippen MR) is 96.7 cm³/mol. The van der Waals surface area contributed by atoms with Crippen molar-refractivity contribution in [2.75, 3.05) is 0 Å². The maximum atomic E-state index is 11.0. The van der Waals surface area contributed by atoms with Crippen LogP contribution in [0.5, 0.6) is 5.75 Å². The van der Waals surface area contributed by atoms with E-state index in [2.05, 4.69) is 15.3 Å². The average Bonchev–Trinajstić information content (AvgIpc) is 3.06. The fourth-order valence-corrected chi connectivity index (χ4v) is 3.18. The molecule has 3 rings (SSSR count). The number of aromatic nitrogens is 2. The average molecular weight is 352 g/mol. The molecule has 2 aromatic carbocycles. The van der Waals surface area contributed by atoms with Gasteiger partial charge in [-0.3, -0.25) is 4.79 Å². The molecular formula is C18H16N4O2S. The van der Waals surface area contributed by atoms with Gasteiger partial charge in [0, 0.05) is 18.9 Å². The van der Waals surface area contributed by atoms with E-state index in [-0.39, 0.29) is 5.97 Å². The Hall–Kier alpha value is -3.06. The van der Waals surface area contributed by atoms with E-state index in [0.29, 0.717) is 22.9 Å². The molecule has 0 saturated carbocycles. The molecule has 0 aliphatic carbocycles. The quantitative estimate of drug-likeness (QED) is 0.251. The summed E-state index contributed by atoms with van der Waals surface area (Å²) in [7, 11) is 0. The lowest BCUT2D eigenvalue weighted by Crippen LogP contribution is -2.07. The molecule has 25 heavy (non-hydrogen) atoms. The molecule has 0 fully saturated rings. The fraction of sp³-hybridized carbons (Fsp3) is 0.111. The van der Waals surface area contributed by atoms with Gasteiger partial charge in [-0.1, -0.05) is 41.7 Å². The molecule has 7 heteroatoms. The Morgan fingerprint density at radius 3 is 2.48 bits per heavy atom. The van der Waals surface area contributed by atoms with Crippen molar-refractivity contribution in [2.24, 2.45) is 10.9 Å². The summed E-state index contributed by atoms with van der Waals surface area (Å²) < 4.78 is 5.02. The second-order valence-corrected chi connectivity index (χ2v) is 6.32. The maximum absolute atomic E-state index is 11.0. The number of carbonyl (C=O) groups is 1. The molecule has 0 amide bonds. The van der Waals surface area contributed by atoms with E-state index in [1.807, 2.05) is 30.3 Å². The second kappa shape index (κ2) is 7.67. The van der Waals surface area contributed by atoms with Gasteiger partial charge in [-0.25, -0.2) is 0 Å². The Kier molecular flexibility index (Phi) is 5.15. The van der Waals surface area contributed by atoms with Crippen molar-refractivity contribution in [3.05, 3.63) is 75.7 Å². The van der Waals surface area contributed by atoms with Gasteiger partial charge in [0.1, 0.15) is 16.5 Å². The van der Waals surface area contributed by atoms with Gasteiger partial charge < -0.3 is 10.6 Å². The van der Waals surface area contributed by atoms with Crippen LogP contribution in [0.4, 0.5) is 0 Å². The van der Waals surface area contributed by atoms with Crippen molar-refractivity contribution in [1.82, 2.24) is 10.2 Å². The highest BCUT2D eigenvalue weighted by molar-refractivity contribution is 7.13. The smallest absolute Gasteiger partial charge is 0.308 e. The van der Waals surface area contributed by atoms with Gasteiger partial charge in [0.05, 0.1) is 0 Å². The zero-order valence-corrected chi connectivity index (χ0v) is 14.4. The first-order valence-electron chi connectivity index (χ1n) is 7.59. The summed E-state index contributed by atoms with van der Waals surface area (Å²) in [5, 5.41) is 13.8. The van der Waals surface area contributed by atoms with Crippen LogP contribution in [0.25, 0.3) is 0 Å². The third kappa shape index (κ3) is 4.27. The molecule has 1 heterocycles. The molecule has 0 atom stereocenters. The number of hydrazone groups is 1. The van der Waals surface area contributed by atoms with Crippen LogP contribution >= 0.6 is 11.3 Å². The minimum Gasteiger partial charge on any atom is -0.427 e. The summed E-state index contributed by atoms with van der Waals surface area (Å²) in [6.45, 7) is 1.36. The molecule has 126 valence electrons. The van der Waals surface area contributed by atoms with Crippen LogP contribution < -0.4 is 10.6 Å². The van der Waals surface area contributed by atoms with Crippen molar-refractivity contribution in [2.45, 2.75) is 13.3 Å². The molecule has 0 aliphatic heterocycles. The van der Waals surface area contributed by atoms with E-state index in [0.717, 1.165) is 10.6 Å². The first-order valence-corrected chi connectivity index (χ1v) is 8.41. The summed E-state index contributed by atoms with van der Waals surface area (Å²) in [6.07, 6.45) is 0.710. The minimum atomic E-state index is -0.366. The van der Waals surface area contributed by atoms with Crippen molar-refractivity contribution >= 4 is 23.0 Å². The number of hydrogen-bond donors (Lipinski definition) is 1. The fourth-order valence-electron chi connectivity index (χ4n) is 2.29. The van der Waals surface area contributed by atoms with Crippen LogP contribution in [0.2, 0.25) is 0 Å². The van der Waals surface area contributed by atoms with Crippen molar-refractivity contribution in [3.63, 3.8) is 0 Å². The third-order valence-electron chi connectivity index (χ3n) is 3.39. The van der Waals surface area contributed by atoms with E-state index in [4.69, 9.17) is 10.6 Å². The summed E-state index contributed by atoms with van der Waals surface area (Å²) in [5.41, 5.74) is 2.49. The van der Waals surface area contributed by atoms with E-state index < -0.39 is 0 Å². The lowest BCUT2D eigenvalue weighted by Gasteiger charge is -2.04. The number of rotatable bonds is 5. The van der Waals surface area contributed by atoms with Crippen LogP contribution in [0, 0.1) is 0 Å². The number of ether oxygens (including phenoxy) is 1. The van der Waals surface area contributed by atoms with Gasteiger partial charge >= 0.3 is 5.97 Å². The summed E-state index contributed by atoms with van der Waals surface area (Å²) in [5.74, 6) is 5.66. The summed E-state index contributed by atoms with van der Waals surface area (Å²) >= 11 is 1.45. The van der Waals surface area contributed by atoms with Crippen molar-refractivity contribution in [3.8, 4) is 5.75 Å². The molecule has 0 bridgehead atoms. The Morgan fingerprint density at radius 1 is 1.12 bits per heavy atom. The second-order valence-electron chi connectivity index (χ2n) is 5.26. The lowest BCUT2D eigenvalue weighted by atomic mass is 10.1. The highest BCUT2D eigenvalue weighted by Crippen LogP contribution is 2.20. The molecule has 0 spiro atoms. The largest absolute Gasteiger partial charge is 0.427 e. The van der Waals surface area contributed by atoms with Crippen LogP contribution in [0.1, 0.15) is 28.1 Å². The molecule has 0 saturated heterocycles. The Labute approximate surface area is 149 Å². The molecule has 0 aliphatic rings. The SMILES string of the molecule is CC(=O)Oc1ccc(/C(=N\N)c2nnc(Cc3ccccc3)s2)cc1. The lowest BCUT2D eigenvalue weighted by molar-refractivity contribution is -0.131. The summed E-state index contributed by atoms with van der Waals surface area (Å²) in [4.78, 5) is 11.0. The van der Waals surface area contributed by atoms with E-state index in [9.17, 15) is 4.79 Å². The van der Waals surface area contributed by atoms with Gasteiger partial charge in [-0.05, 0) is 29.8 Å². The number of nitrogens with two attached hydrogens (primary N) is 1. The molecular weight excluding hydrogens is 336 g/mol. The van der Waals surface area contributed by atoms with Crippen molar-refractivity contribution < 1.29 is 9.53 Å². The third-order valence-corrected chi connectivity index (χ3v) is 4.32. The predicted octanol–water partition coefficient (Wildman–Crippen LogP) is 2.77. The first kappa shape index (κ1) is 16.8. The van der Waals surface area contributed by atoms with Gasteiger partial charge in [0.2, 0.25) is 0 Å². The van der Waals surface area contributed by atoms with Gasteiger partial charge in [0.15, 0.2) is 5.01 Å². The molecule has 1 aromatic heterocycles. The zero-order chi connectivity index (χ0) is 17.6. The number of benzene rings is 2. The van der Waals surface area contributed by atoms with Crippen LogP contribution in [-0.4, -0.2) is 21.9 Å². The maximum Gasteiger partial charge on any atom is 0.308 e. The number of hydrogen-bond acceptors (Lipinski definition) is 7. The Balaban J connectivity index is 1.78. The Bertz CT molecular complexity index is 889. The highest BCUT2D eigenvalue weighted by atomic mass is 32.1. The highest BCUT2D eigenvalue weighted by Gasteiger charge is 2.14. The van der Waals surface area contributed by atoms with Gasteiger partial charge in [-0.2, -0.15) is 5.10 Å². The van der Waals surface area contributed by atoms with Crippen LogP contribution in [0.15, 0.2) is 59.7 Å². The van der Waals surface area contributed by atoms with Gasteiger partial charge in [-0.15, -0.1) is 10.2 Å². The number of nitrogens with zero attached hydrogens (tertiary/aromatic N) is 3. The molecule has 0 unspecified atom stereocenters. The van der Waals surface area contributed by atoms with Gasteiger partial charge in [0.25, 0.3) is 0 Å². The standard InChI is InChI=1S/C18H16N4O2S/c1-12(23)24-15-9-7-14(8-10-15)17(20-19)18-22-21-16(25-18)11-13-5-3-2-4-6-13/h2-10H,11,19H2,1H3/b20-17+. The minimum absolute atomic E-state index is 0.366.